The first-order valence-electron chi connectivity index (χ1n) is 6.78. The summed E-state index contributed by atoms with van der Waals surface area (Å²) in [5, 5.41) is 9.73. The van der Waals surface area contributed by atoms with Crippen molar-refractivity contribution in [2.75, 3.05) is 0 Å². The fourth-order valence-electron chi connectivity index (χ4n) is 1.95. The molecule has 0 bridgehead atoms. The first-order chi connectivity index (χ1) is 9.97. The maximum Gasteiger partial charge on any atom is 0.185 e. The van der Waals surface area contributed by atoms with Gasteiger partial charge in [0.15, 0.2) is 5.78 Å². The van der Waals surface area contributed by atoms with Crippen LogP contribution in [-0.2, 0) is 0 Å². The lowest BCUT2D eigenvalue weighted by molar-refractivity contribution is 0.104. The number of rotatable bonds is 4. The quantitative estimate of drug-likeness (QED) is 0.613. The fraction of sp³-hybridized carbons (Fsp3) is 0.167. The third-order valence-corrected chi connectivity index (χ3v) is 3.76. The maximum atomic E-state index is 12.1. The van der Waals surface area contributed by atoms with Gasteiger partial charge < -0.3 is 5.11 Å². The zero-order chi connectivity index (χ0) is 15.4. The Hall–Kier alpha value is -1.87. The number of benzene rings is 2. The summed E-state index contributed by atoms with van der Waals surface area (Å²) in [6, 6.07) is 12.7. The average Bonchev–Trinajstić information content (AvgIpc) is 2.48. The molecule has 21 heavy (non-hydrogen) atoms. The van der Waals surface area contributed by atoms with Crippen LogP contribution in [0.1, 0.15) is 41.3 Å². The van der Waals surface area contributed by atoms with Gasteiger partial charge >= 0.3 is 0 Å². The van der Waals surface area contributed by atoms with E-state index in [1.54, 1.807) is 24.3 Å². The minimum atomic E-state index is -0.0790. The maximum absolute atomic E-state index is 12.1. The zero-order valence-electron chi connectivity index (χ0n) is 12.0. The van der Waals surface area contributed by atoms with Crippen molar-refractivity contribution in [3.05, 3.63) is 69.7 Å². The van der Waals surface area contributed by atoms with Gasteiger partial charge in [0.25, 0.3) is 0 Å². The van der Waals surface area contributed by atoms with Gasteiger partial charge in [0.1, 0.15) is 5.75 Å². The van der Waals surface area contributed by atoms with Crippen LogP contribution in [0.4, 0.5) is 0 Å². The Balaban J connectivity index is 2.17. The van der Waals surface area contributed by atoms with Gasteiger partial charge in [0, 0.05) is 15.6 Å². The van der Waals surface area contributed by atoms with E-state index in [4.69, 9.17) is 0 Å². The zero-order valence-corrected chi connectivity index (χ0v) is 13.6. The number of ketones is 1. The summed E-state index contributed by atoms with van der Waals surface area (Å²) in [6.07, 6.45) is 3.10. The molecule has 0 atom stereocenters. The molecule has 108 valence electrons. The standard InChI is InChI=1S/C18H17BrO2/c1-12(2)13-3-5-14(6-4-13)17(20)9-7-15-11-16(19)8-10-18(15)21/h3-12,21H,1-2H3. The third kappa shape index (κ3) is 4.05. The number of aromatic hydroxyl groups is 1. The van der Waals surface area contributed by atoms with Gasteiger partial charge in [-0.25, -0.2) is 0 Å². The molecule has 0 saturated carbocycles. The molecule has 0 aromatic heterocycles. The molecule has 0 unspecified atom stereocenters. The molecule has 0 amide bonds. The highest BCUT2D eigenvalue weighted by atomic mass is 79.9. The molecule has 3 heteroatoms. The molecule has 1 N–H and O–H groups in total. The van der Waals surface area contributed by atoms with Gasteiger partial charge in [-0.2, -0.15) is 0 Å². The molecule has 2 nitrogen and oxygen atoms in total. The van der Waals surface area contributed by atoms with Crippen molar-refractivity contribution in [3.63, 3.8) is 0 Å². The highest BCUT2D eigenvalue weighted by Gasteiger charge is 2.04. The monoisotopic (exact) mass is 344 g/mol. The normalized spacial score (nSPS) is 11.2. The molecular weight excluding hydrogens is 328 g/mol. The molecule has 0 aliphatic heterocycles. The van der Waals surface area contributed by atoms with E-state index in [9.17, 15) is 9.90 Å². The van der Waals surface area contributed by atoms with Gasteiger partial charge in [-0.05, 0) is 41.8 Å². The highest BCUT2D eigenvalue weighted by Crippen LogP contribution is 2.23. The van der Waals surface area contributed by atoms with Gasteiger partial charge in [0.2, 0.25) is 0 Å². The molecule has 0 aliphatic rings. The molecular formula is C18H17BrO2. The number of carbonyl (C=O) groups is 1. The Morgan fingerprint density at radius 2 is 1.81 bits per heavy atom. The molecule has 2 aromatic rings. The molecule has 0 saturated heterocycles. The molecule has 2 aromatic carbocycles. The van der Waals surface area contributed by atoms with Crippen molar-refractivity contribution in [1.82, 2.24) is 0 Å². The summed E-state index contributed by atoms with van der Waals surface area (Å²) >= 11 is 3.34. The fourth-order valence-corrected chi connectivity index (χ4v) is 2.33. The lowest BCUT2D eigenvalue weighted by atomic mass is 10.0. The first-order valence-corrected chi connectivity index (χ1v) is 7.57. The van der Waals surface area contributed by atoms with Gasteiger partial charge in [0.05, 0.1) is 0 Å². The Morgan fingerprint density at radius 1 is 1.14 bits per heavy atom. The van der Waals surface area contributed by atoms with Crippen LogP contribution in [0.3, 0.4) is 0 Å². The van der Waals surface area contributed by atoms with E-state index in [0.717, 1.165) is 4.47 Å². The number of carbonyl (C=O) groups excluding carboxylic acids is 1. The number of phenolic OH excluding ortho intramolecular Hbond substituents is 1. The highest BCUT2D eigenvalue weighted by molar-refractivity contribution is 9.10. The Bertz CT molecular complexity index is 670. The summed E-state index contributed by atoms with van der Waals surface area (Å²) in [7, 11) is 0. The molecule has 2 rings (SSSR count). The number of phenols is 1. The smallest absolute Gasteiger partial charge is 0.185 e. The van der Waals surface area contributed by atoms with Crippen LogP contribution >= 0.6 is 15.9 Å². The van der Waals surface area contributed by atoms with E-state index in [0.29, 0.717) is 17.0 Å². The van der Waals surface area contributed by atoms with Crippen molar-refractivity contribution in [3.8, 4) is 5.75 Å². The predicted octanol–water partition coefficient (Wildman–Crippen LogP) is 5.17. The minimum Gasteiger partial charge on any atom is -0.507 e. The molecule has 0 spiro atoms. The summed E-state index contributed by atoms with van der Waals surface area (Å²) in [6.45, 7) is 4.24. The molecule has 0 radical (unpaired) electrons. The van der Waals surface area contributed by atoms with Crippen molar-refractivity contribution < 1.29 is 9.90 Å². The number of hydrogen-bond acceptors (Lipinski definition) is 2. The average molecular weight is 345 g/mol. The topological polar surface area (TPSA) is 37.3 Å². The molecule has 0 heterocycles. The van der Waals surface area contributed by atoms with E-state index in [2.05, 4.69) is 29.8 Å². The van der Waals surface area contributed by atoms with Crippen LogP contribution in [0.15, 0.2) is 53.0 Å². The Kier molecular flexibility index (Phi) is 4.97. The van der Waals surface area contributed by atoms with Gasteiger partial charge in [-0.3, -0.25) is 4.79 Å². The van der Waals surface area contributed by atoms with Gasteiger partial charge in [-0.1, -0.05) is 54.0 Å². The molecule has 0 aliphatic carbocycles. The molecule has 0 fully saturated rings. The van der Waals surface area contributed by atoms with Crippen molar-refractivity contribution in [1.29, 1.82) is 0 Å². The SMILES string of the molecule is CC(C)c1ccc(C(=O)C=Cc2cc(Br)ccc2O)cc1. The number of halogens is 1. The lowest BCUT2D eigenvalue weighted by Gasteiger charge is -2.05. The van der Waals surface area contributed by atoms with Crippen molar-refractivity contribution in [2.24, 2.45) is 0 Å². The number of allylic oxidation sites excluding steroid dienone is 1. The van der Waals surface area contributed by atoms with E-state index < -0.39 is 0 Å². The van der Waals surface area contributed by atoms with Crippen LogP contribution < -0.4 is 0 Å². The van der Waals surface area contributed by atoms with Crippen LogP contribution in [0.25, 0.3) is 6.08 Å². The second-order valence-corrected chi connectivity index (χ2v) is 6.09. The first kappa shape index (κ1) is 15.5. The van der Waals surface area contributed by atoms with E-state index in [1.165, 1.54) is 11.6 Å². The Morgan fingerprint density at radius 3 is 2.43 bits per heavy atom. The third-order valence-electron chi connectivity index (χ3n) is 3.27. The van der Waals surface area contributed by atoms with Crippen LogP contribution in [0.2, 0.25) is 0 Å². The minimum absolute atomic E-state index is 0.0790. The van der Waals surface area contributed by atoms with Crippen LogP contribution in [0.5, 0.6) is 5.75 Å². The van der Waals surface area contributed by atoms with E-state index >= 15 is 0 Å². The van der Waals surface area contributed by atoms with Crippen molar-refractivity contribution >= 4 is 27.8 Å². The van der Waals surface area contributed by atoms with Crippen molar-refractivity contribution in [2.45, 2.75) is 19.8 Å². The number of hydrogen-bond donors (Lipinski definition) is 1. The summed E-state index contributed by atoms with van der Waals surface area (Å²) < 4.78 is 0.855. The lowest BCUT2D eigenvalue weighted by Crippen LogP contribution is -1.95. The van der Waals surface area contributed by atoms with Crippen LogP contribution in [-0.4, -0.2) is 10.9 Å². The summed E-state index contributed by atoms with van der Waals surface area (Å²) in [4.78, 5) is 12.1. The van der Waals surface area contributed by atoms with E-state index in [-0.39, 0.29) is 11.5 Å². The summed E-state index contributed by atoms with van der Waals surface area (Å²) in [5.74, 6) is 0.519. The second-order valence-electron chi connectivity index (χ2n) is 5.18. The Labute approximate surface area is 133 Å². The largest absolute Gasteiger partial charge is 0.507 e. The second kappa shape index (κ2) is 6.72. The van der Waals surface area contributed by atoms with E-state index in [1.807, 2.05) is 24.3 Å². The summed E-state index contributed by atoms with van der Waals surface area (Å²) in [5.41, 5.74) is 2.46. The van der Waals surface area contributed by atoms with Crippen LogP contribution in [0, 0.1) is 0 Å². The van der Waals surface area contributed by atoms with Gasteiger partial charge in [-0.15, -0.1) is 0 Å². The predicted molar refractivity (Wildman–Crippen MR) is 89.7 cm³/mol.